The highest BCUT2D eigenvalue weighted by atomic mass is 16.6. The lowest BCUT2D eigenvalue weighted by Gasteiger charge is -2.31. The Balaban J connectivity index is 4.95. The van der Waals surface area contributed by atoms with Crippen LogP contribution in [0.4, 0.5) is 0 Å². The van der Waals surface area contributed by atoms with Crippen LogP contribution in [0.2, 0.25) is 0 Å². The summed E-state index contributed by atoms with van der Waals surface area (Å²) in [5, 5.41) is 0. The number of hydrogen-bond donors (Lipinski definition) is 0. The van der Waals surface area contributed by atoms with Crippen molar-refractivity contribution in [2.24, 2.45) is 0 Å². The van der Waals surface area contributed by atoms with Gasteiger partial charge in [0.2, 0.25) is 5.60 Å². The van der Waals surface area contributed by atoms with Gasteiger partial charge in [0.05, 0.1) is 18.8 Å². The number of carbonyl (C=O) groups is 2. The van der Waals surface area contributed by atoms with Gasteiger partial charge in [0.1, 0.15) is 0 Å². The van der Waals surface area contributed by atoms with Crippen LogP contribution in [-0.4, -0.2) is 36.0 Å². The summed E-state index contributed by atoms with van der Waals surface area (Å²) in [6, 6.07) is 0. The van der Waals surface area contributed by atoms with Gasteiger partial charge in [-0.1, -0.05) is 0 Å². The van der Waals surface area contributed by atoms with Gasteiger partial charge in [-0.25, -0.2) is 0 Å². The summed E-state index contributed by atoms with van der Waals surface area (Å²) in [5.41, 5.74) is -1.45. The molecule has 0 unspecified atom stereocenters. The molecule has 0 atom stereocenters. The van der Waals surface area contributed by atoms with Gasteiger partial charge < -0.3 is 9.47 Å². The number of carbonyl (C=O) groups excluding carboxylic acids is 2. The first kappa shape index (κ1) is 15.3. The Morgan fingerprint density at radius 2 is 1.44 bits per heavy atom. The molecule has 4 nitrogen and oxygen atoms in total. The van der Waals surface area contributed by atoms with Gasteiger partial charge in [-0.3, -0.25) is 9.59 Å². The van der Waals surface area contributed by atoms with Crippen LogP contribution in [0.15, 0.2) is 0 Å². The molecule has 0 saturated heterocycles. The Labute approximate surface area is 97.3 Å². The van der Waals surface area contributed by atoms with Crippen molar-refractivity contribution in [3.8, 4) is 0 Å². The Morgan fingerprint density at radius 1 is 1.00 bits per heavy atom. The maximum Gasteiger partial charge on any atom is 0.207 e. The van der Waals surface area contributed by atoms with Crippen LogP contribution in [0, 0.1) is 0 Å². The highest BCUT2D eigenvalue weighted by Crippen LogP contribution is 2.18. The van der Waals surface area contributed by atoms with Crippen molar-refractivity contribution in [1.29, 1.82) is 0 Å². The van der Waals surface area contributed by atoms with Gasteiger partial charge in [0, 0.05) is 0 Å². The third-order valence-corrected chi connectivity index (χ3v) is 2.19. The lowest BCUT2D eigenvalue weighted by atomic mass is 9.95. The largest absolute Gasteiger partial charge is 0.375 e. The summed E-state index contributed by atoms with van der Waals surface area (Å²) in [5.74, 6) is -0.622. The average molecular weight is 230 g/mol. The van der Waals surface area contributed by atoms with Crippen molar-refractivity contribution in [2.45, 2.75) is 59.4 Å². The van der Waals surface area contributed by atoms with Crippen molar-refractivity contribution < 1.29 is 19.1 Å². The average Bonchev–Trinajstić information content (AvgIpc) is 2.10. The van der Waals surface area contributed by atoms with E-state index in [0.717, 1.165) is 0 Å². The number of rotatable bonds is 7. The fourth-order valence-electron chi connectivity index (χ4n) is 1.34. The lowest BCUT2D eigenvalue weighted by molar-refractivity contribution is -0.172. The van der Waals surface area contributed by atoms with Crippen molar-refractivity contribution in [2.75, 3.05) is 6.61 Å². The first-order chi connectivity index (χ1) is 7.22. The van der Waals surface area contributed by atoms with Gasteiger partial charge in [0.15, 0.2) is 11.6 Å². The van der Waals surface area contributed by atoms with E-state index >= 15 is 0 Å². The molecule has 0 aromatic rings. The summed E-state index contributed by atoms with van der Waals surface area (Å²) in [4.78, 5) is 23.3. The van der Waals surface area contributed by atoms with Gasteiger partial charge in [-0.15, -0.1) is 0 Å². The summed E-state index contributed by atoms with van der Waals surface area (Å²) in [7, 11) is 0. The molecule has 16 heavy (non-hydrogen) atoms. The second kappa shape index (κ2) is 6.11. The van der Waals surface area contributed by atoms with Crippen molar-refractivity contribution >= 4 is 11.6 Å². The highest BCUT2D eigenvalue weighted by molar-refractivity contribution is 6.08. The quantitative estimate of drug-likeness (QED) is 0.625. The summed E-state index contributed by atoms with van der Waals surface area (Å²) in [6.07, 6.45) is -0.252. The molecule has 94 valence electrons. The predicted molar refractivity (Wildman–Crippen MR) is 61.4 cm³/mol. The Morgan fingerprint density at radius 3 is 1.69 bits per heavy atom. The molecule has 0 aliphatic carbocycles. The summed E-state index contributed by atoms with van der Waals surface area (Å²) >= 11 is 0. The van der Waals surface area contributed by atoms with Gasteiger partial charge in [-0.05, 0) is 41.5 Å². The van der Waals surface area contributed by atoms with E-state index < -0.39 is 5.60 Å². The molecule has 0 amide bonds. The normalized spacial score (nSPS) is 12.2. The summed E-state index contributed by atoms with van der Waals surface area (Å²) in [6.45, 7) is 9.96. The molecule has 0 aromatic heterocycles. The molecule has 0 rings (SSSR count). The minimum atomic E-state index is -1.45. The molecule has 0 aromatic carbocycles. The number of Topliss-reactive ketones (excluding diaryl/α,β-unsaturated/α-hetero) is 2. The molecule has 0 spiro atoms. The van der Waals surface area contributed by atoms with E-state index in [9.17, 15) is 9.59 Å². The third kappa shape index (κ3) is 4.02. The standard InChI is InChI=1S/C12H22O4/c1-8(2)15-7-12(10(5)13,11(6)14)16-9(3)4/h8-9H,7H2,1-6H3. The maximum absolute atomic E-state index is 11.6. The van der Waals surface area contributed by atoms with E-state index in [1.54, 1.807) is 13.8 Å². The van der Waals surface area contributed by atoms with Crippen LogP contribution in [0.3, 0.4) is 0 Å². The van der Waals surface area contributed by atoms with E-state index in [4.69, 9.17) is 9.47 Å². The van der Waals surface area contributed by atoms with E-state index in [2.05, 4.69) is 0 Å². The zero-order chi connectivity index (χ0) is 12.9. The second-order valence-corrected chi connectivity index (χ2v) is 4.47. The molecule has 0 N–H and O–H groups in total. The van der Waals surface area contributed by atoms with E-state index in [1.165, 1.54) is 13.8 Å². The first-order valence-corrected chi connectivity index (χ1v) is 5.54. The van der Waals surface area contributed by atoms with E-state index in [1.807, 2.05) is 13.8 Å². The monoisotopic (exact) mass is 230 g/mol. The Bertz CT molecular complexity index is 242. The number of hydrogen-bond acceptors (Lipinski definition) is 4. The highest BCUT2D eigenvalue weighted by Gasteiger charge is 2.43. The van der Waals surface area contributed by atoms with E-state index in [0.29, 0.717) is 0 Å². The van der Waals surface area contributed by atoms with Crippen LogP contribution in [0.1, 0.15) is 41.5 Å². The zero-order valence-electron chi connectivity index (χ0n) is 11.0. The molecule has 4 heteroatoms. The van der Waals surface area contributed by atoms with Crippen molar-refractivity contribution in [1.82, 2.24) is 0 Å². The van der Waals surface area contributed by atoms with Gasteiger partial charge in [-0.2, -0.15) is 0 Å². The fourth-order valence-corrected chi connectivity index (χ4v) is 1.34. The molecule has 0 aliphatic heterocycles. The molecule has 0 fully saturated rings. The third-order valence-electron chi connectivity index (χ3n) is 2.19. The molecule has 0 aliphatic rings. The van der Waals surface area contributed by atoms with Crippen LogP contribution in [-0.2, 0) is 19.1 Å². The van der Waals surface area contributed by atoms with Crippen molar-refractivity contribution in [3.63, 3.8) is 0 Å². The SMILES string of the molecule is CC(=O)C(COC(C)C)(OC(C)C)C(C)=O. The predicted octanol–water partition coefficient (Wildman–Crippen LogP) is 1.75. The smallest absolute Gasteiger partial charge is 0.207 e. The number of ketones is 2. The Hall–Kier alpha value is -0.740. The molecule has 0 radical (unpaired) electrons. The van der Waals surface area contributed by atoms with Gasteiger partial charge >= 0.3 is 0 Å². The number of ether oxygens (including phenoxy) is 2. The molecule has 0 saturated carbocycles. The minimum absolute atomic E-state index is 0.0203. The van der Waals surface area contributed by atoms with Crippen LogP contribution in [0.5, 0.6) is 0 Å². The minimum Gasteiger partial charge on any atom is -0.375 e. The summed E-state index contributed by atoms with van der Waals surface area (Å²) < 4.78 is 10.9. The van der Waals surface area contributed by atoms with Crippen LogP contribution < -0.4 is 0 Å². The van der Waals surface area contributed by atoms with Crippen molar-refractivity contribution in [3.05, 3.63) is 0 Å². The maximum atomic E-state index is 11.6. The lowest BCUT2D eigenvalue weighted by Crippen LogP contribution is -2.52. The van der Waals surface area contributed by atoms with Gasteiger partial charge in [0.25, 0.3) is 0 Å². The van der Waals surface area contributed by atoms with Crippen LogP contribution >= 0.6 is 0 Å². The topological polar surface area (TPSA) is 52.6 Å². The molecular formula is C12H22O4. The Kier molecular flexibility index (Phi) is 5.83. The molecular weight excluding hydrogens is 208 g/mol. The first-order valence-electron chi connectivity index (χ1n) is 5.54. The van der Waals surface area contributed by atoms with Crippen LogP contribution in [0.25, 0.3) is 0 Å². The second-order valence-electron chi connectivity index (χ2n) is 4.47. The molecule has 0 bridgehead atoms. The van der Waals surface area contributed by atoms with E-state index in [-0.39, 0.29) is 30.4 Å². The fraction of sp³-hybridized carbons (Fsp3) is 0.833. The zero-order valence-corrected chi connectivity index (χ0v) is 11.0. The molecule has 0 heterocycles.